The van der Waals surface area contributed by atoms with Gasteiger partial charge in [0.05, 0.1) is 12.6 Å². The smallest absolute Gasteiger partial charge is 0.132 e. The lowest BCUT2D eigenvalue weighted by molar-refractivity contribution is 0.118. The number of imidazole rings is 1. The van der Waals surface area contributed by atoms with Crippen molar-refractivity contribution in [3.63, 3.8) is 0 Å². The molecule has 2 atom stereocenters. The summed E-state index contributed by atoms with van der Waals surface area (Å²) in [6.45, 7) is 6.46. The van der Waals surface area contributed by atoms with Gasteiger partial charge in [0.25, 0.3) is 0 Å². The Bertz CT molecular complexity index is 643. The fourth-order valence-corrected chi connectivity index (χ4v) is 3.03. The number of nitrogens with one attached hydrogen (secondary N) is 2. The molecule has 3 heterocycles. The Labute approximate surface area is 136 Å². The van der Waals surface area contributed by atoms with Crippen LogP contribution < -0.4 is 10.2 Å². The highest BCUT2D eigenvalue weighted by Gasteiger charge is 2.32. The number of rotatable bonds is 6. The predicted molar refractivity (Wildman–Crippen MR) is 88.3 cm³/mol. The van der Waals surface area contributed by atoms with Crippen LogP contribution in [-0.4, -0.2) is 52.3 Å². The fourth-order valence-electron chi connectivity index (χ4n) is 3.03. The molecule has 0 unspecified atom stereocenters. The van der Waals surface area contributed by atoms with Crippen LogP contribution >= 0.6 is 0 Å². The molecule has 1 saturated heterocycles. The number of aryl methyl sites for hydroxylation is 2. The highest BCUT2D eigenvalue weighted by molar-refractivity contribution is 5.42. The SMILES string of the molecule is CO[C@H]1C[C@@H](CNCc2ncc(C)[nH]2)N(c2cc(C)ncn2)C1. The Kier molecular flexibility index (Phi) is 4.88. The second-order valence-corrected chi connectivity index (χ2v) is 6.06. The van der Waals surface area contributed by atoms with Crippen LogP contribution in [0.1, 0.15) is 23.6 Å². The summed E-state index contributed by atoms with van der Waals surface area (Å²) < 4.78 is 5.56. The van der Waals surface area contributed by atoms with E-state index in [0.29, 0.717) is 6.04 Å². The van der Waals surface area contributed by atoms with Gasteiger partial charge in [-0.2, -0.15) is 0 Å². The average molecular weight is 316 g/mol. The van der Waals surface area contributed by atoms with E-state index in [1.807, 2.05) is 26.1 Å². The van der Waals surface area contributed by atoms with Gasteiger partial charge < -0.3 is 19.9 Å². The summed E-state index contributed by atoms with van der Waals surface area (Å²) in [5.41, 5.74) is 2.06. The second kappa shape index (κ2) is 7.06. The van der Waals surface area contributed by atoms with E-state index < -0.39 is 0 Å². The molecular formula is C16H24N6O. The van der Waals surface area contributed by atoms with Crippen LogP contribution in [0.2, 0.25) is 0 Å². The predicted octanol–water partition coefficient (Wildman–Crippen LogP) is 1.20. The van der Waals surface area contributed by atoms with E-state index in [1.165, 1.54) is 0 Å². The molecule has 7 nitrogen and oxygen atoms in total. The average Bonchev–Trinajstić information content (AvgIpc) is 3.14. The van der Waals surface area contributed by atoms with E-state index in [-0.39, 0.29) is 6.10 Å². The Hall–Kier alpha value is -1.99. The molecule has 124 valence electrons. The van der Waals surface area contributed by atoms with Gasteiger partial charge in [-0.1, -0.05) is 0 Å². The standard InChI is InChI=1S/C16H24N6O/c1-11-4-16(20-10-19-11)22-9-14(23-3)5-13(22)7-17-8-15-18-6-12(2)21-15/h4,6,10,13-14,17H,5,7-9H2,1-3H3,(H,18,21)/t13-,14-/m0/s1. The zero-order valence-electron chi connectivity index (χ0n) is 13.9. The molecule has 0 amide bonds. The van der Waals surface area contributed by atoms with Crippen LogP contribution in [0.25, 0.3) is 0 Å². The molecule has 1 fully saturated rings. The van der Waals surface area contributed by atoms with Crippen molar-refractivity contribution in [2.75, 3.05) is 25.1 Å². The largest absolute Gasteiger partial charge is 0.380 e. The normalized spacial score (nSPS) is 21.1. The summed E-state index contributed by atoms with van der Waals surface area (Å²) >= 11 is 0. The number of ether oxygens (including phenoxy) is 1. The summed E-state index contributed by atoms with van der Waals surface area (Å²) in [5.74, 6) is 1.94. The van der Waals surface area contributed by atoms with Gasteiger partial charge >= 0.3 is 0 Å². The minimum atomic E-state index is 0.239. The third-order valence-corrected chi connectivity index (χ3v) is 4.22. The van der Waals surface area contributed by atoms with Gasteiger partial charge in [0.2, 0.25) is 0 Å². The van der Waals surface area contributed by atoms with Crippen LogP contribution in [0, 0.1) is 13.8 Å². The van der Waals surface area contributed by atoms with Gasteiger partial charge in [0.1, 0.15) is 18.0 Å². The molecule has 0 spiro atoms. The van der Waals surface area contributed by atoms with E-state index in [4.69, 9.17) is 4.74 Å². The number of methoxy groups -OCH3 is 1. The zero-order chi connectivity index (χ0) is 16.2. The molecule has 0 aromatic carbocycles. The van der Waals surface area contributed by atoms with Crippen molar-refractivity contribution in [1.82, 2.24) is 25.3 Å². The minimum Gasteiger partial charge on any atom is -0.380 e. The first-order chi connectivity index (χ1) is 11.2. The van der Waals surface area contributed by atoms with Gasteiger partial charge in [-0.05, 0) is 20.3 Å². The quantitative estimate of drug-likeness (QED) is 0.834. The monoisotopic (exact) mass is 316 g/mol. The van der Waals surface area contributed by atoms with Crippen molar-refractivity contribution < 1.29 is 4.74 Å². The van der Waals surface area contributed by atoms with E-state index >= 15 is 0 Å². The lowest BCUT2D eigenvalue weighted by Crippen LogP contribution is -2.38. The summed E-state index contributed by atoms with van der Waals surface area (Å²) in [6.07, 6.45) is 4.71. The summed E-state index contributed by atoms with van der Waals surface area (Å²) in [7, 11) is 1.77. The van der Waals surface area contributed by atoms with Crippen LogP contribution in [0.5, 0.6) is 0 Å². The Balaban J connectivity index is 1.63. The molecule has 7 heteroatoms. The second-order valence-electron chi connectivity index (χ2n) is 6.06. The molecule has 1 aliphatic heterocycles. The first kappa shape index (κ1) is 15.9. The van der Waals surface area contributed by atoms with Crippen LogP contribution in [0.4, 0.5) is 5.82 Å². The summed E-state index contributed by atoms with van der Waals surface area (Å²) in [6, 6.07) is 2.38. The Morgan fingerprint density at radius 2 is 2.22 bits per heavy atom. The molecule has 0 aliphatic carbocycles. The Morgan fingerprint density at radius 3 is 2.91 bits per heavy atom. The van der Waals surface area contributed by atoms with E-state index in [0.717, 1.165) is 49.1 Å². The van der Waals surface area contributed by atoms with Crippen molar-refractivity contribution in [2.45, 2.75) is 39.0 Å². The zero-order valence-corrected chi connectivity index (χ0v) is 13.9. The fraction of sp³-hybridized carbons (Fsp3) is 0.562. The molecule has 2 aromatic heterocycles. The molecule has 0 saturated carbocycles. The molecule has 2 N–H and O–H groups in total. The van der Waals surface area contributed by atoms with Gasteiger partial charge in [-0.15, -0.1) is 0 Å². The number of anilines is 1. The van der Waals surface area contributed by atoms with E-state index in [1.54, 1.807) is 13.4 Å². The van der Waals surface area contributed by atoms with Crippen LogP contribution in [0.3, 0.4) is 0 Å². The van der Waals surface area contributed by atoms with Crippen LogP contribution in [0.15, 0.2) is 18.6 Å². The third-order valence-electron chi connectivity index (χ3n) is 4.22. The molecule has 0 radical (unpaired) electrons. The maximum atomic E-state index is 5.56. The van der Waals surface area contributed by atoms with Gasteiger partial charge in [-0.25, -0.2) is 15.0 Å². The van der Waals surface area contributed by atoms with Crippen molar-refractivity contribution in [1.29, 1.82) is 0 Å². The minimum absolute atomic E-state index is 0.239. The molecule has 2 aromatic rings. The number of hydrogen-bond acceptors (Lipinski definition) is 6. The maximum Gasteiger partial charge on any atom is 0.132 e. The lowest BCUT2D eigenvalue weighted by atomic mass is 10.2. The van der Waals surface area contributed by atoms with E-state index in [2.05, 4.69) is 30.2 Å². The number of nitrogens with zero attached hydrogens (tertiary/aromatic N) is 4. The summed E-state index contributed by atoms with van der Waals surface area (Å²) in [4.78, 5) is 18.5. The highest BCUT2D eigenvalue weighted by Crippen LogP contribution is 2.25. The van der Waals surface area contributed by atoms with Crippen molar-refractivity contribution in [3.8, 4) is 0 Å². The van der Waals surface area contributed by atoms with E-state index in [9.17, 15) is 0 Å². The van der Waals surface area contributed by atoms with Gasteiger partial charge in [-0.3, -0.25) is 0 Å². The van der Waals surface area contributed by atoms with Gasteiger partial charge in [0.15, 0.2) is 0 Å². The first-order valence-corrected chi connectivity index (χ1v) is 7.95. The van der Waals surface area contributed by atoms with Crippen molar-refractivity contribution in [3.05, 3.63) is 35.8 Å². The number of H-pyrrole nitrogens is 1. The molecule has 0 bridgehead atoms. The Morgan fingerprint density at radius 1 is 1.35 bits per heavy atom. The lowest BCUT2D eigenvalue weighted by Gasteiger charge is -2.25. The molecule has 3 rings (SSSR count). The first-order valence-electron chi connectivity index (χ1n) is 7.95. The number of hydrogen-bond donors (Lipinski definition) is 2. The highest BCUT2D eigenvalue weighted by atomic mass is 16.5. The number of aromatic amines is 1. The van der Waals surface area contributed by atoms with Crippen LogP contribution in [-0.2, 0) is 11.3 Å². The number of aromatic nitrogens is 4. The summed E-state index contributed by atoms with van der Waals surface area (Å²) in [5, 5.41) is 3.48. The topological polar surface area (TPSA) is 79.0 Å². The molecule has 23 heavy (non-hydrogen) atoms. The maximum absolute atomic E-state index is 5.56. The molecule has 1 aliphatic rings. The van der Waals surface area contributed by atoms with Crippen molar-refractivity contribution in [2.24, 2.45) is 0 Å². The molecular weight excluding hydrogens is 292 g/mol. The van der Waals surface area contributed by atoms with Crippen molar-refractivity contribution >= 4 is 5.82 Å². The third kappa shape index (κ3) is 3.86. The van der Waals surface area contributed by atoms with Gasteiger partial charge in [0, 0.05) is 49.9 Å².